The van der Waals surface area contributed by atoms with Gasteiger partial charge < -0.3 is 15.0 Å². The number of carbonyl (C=O) groups excluding carboxylic acids is 2. The van der Waals surface area contributed by atoms with Crippen molar-refractivity contribution in [2.45, 2.75) is 19.3 Å². The lowest BCUT2D eigenvalue weighted by molar-refractivity contribution is 0.0854. The molecule has 0 bridgehead atoms. The average Bonchev–Trinajstić information content (AvgIpc) is 2.73. The molecule has 1 N–H and O–H groups in total. The van der Waals surface area contributed by atoms with E-state index in [1.165, 1.54) is 0 Å². The number of Topliss-reactive ketones (excluding diaryl/α,β-unsaturated/α-hetero) is 1. The fourth-order valence-electron chi connectivity index (χ4n) is 3.45. The number of methoxy groups -OCH3 is 1. The van der Waals surface area contributed by atoms with Crippen LogP contribution in [-0.4, -0.2) is 43.5 Å². The number of nitrogens with zero attached hydrogens (tertiary/aromatic N) is 1. The maximum absolute atomic E-state index is 12.7. The molecule has 3 rings (SSSR count). The summed E-state index contributed by atoms with van der Waals surface area (Å²) in [5.74, 6) is 0.841. The van der Waals surface area contributed by atoms with E-state index < -0.39 is 0 Å². The molecule has 1 fully saturated rings. The molecule has 0 atom stereocenters. The summed E-state index contributed by atoms with van der Waals surface area (Å²) < 4.78 is 5.13. The molecule has 0 saturated carbocycles. The van der Waals surface area contributed by atoms with Crippen LogP contribution >= 0.6 is 11.6 Å². The minimum Gasteiger partial charge on any atom is -0.497 e. The first-order valence-corrected chi connectivity index (χ1v) is 9.90. The number of benzene rings is 2. The molecule has 28 heavy (non-hydrogen) atoms. The predicted molar refractivity (Wildman–Crippen MR) is 110 cm³/mol. The monoisotopic (exact) mass is 400 g/mol. The average molecular weight is 401 g/mol. The number of hydrogen-bond donors (Lipinski definition) is 1. The second kappa shape index (κ2) is 9.60. The number of nitrogens with one attached hydrogen (secondary N) is 1. The van der Waals surface area contributed by atoms with E-state index in [1.807, 2.05) is 24.3 Å². The van der Waals surface area contributed by atoms with Gasteiger partial charge in [-0.2, -0.15) is 0 Å². The van der Waals surface area contributed by atoms with Crippen LogP contribution in [0, 0.1) is 5.92 Å². The van der Waals surface area contributed by atoms with Crippen LogP contribution in [0.3, 0.4) is 0 Å². The Labute approximate surface area is 170 Å². The molecule has 6 heteroatoms. The Hall–Kier alpha value is -2.53. The number of likely N-dealkylation sites (tertiary alicyclic amines) is 1. The lowest BCUT2D eigenvalue weighted by Crippen LogP contribution is -2.45. The topological polar surface area (TPSA) is 58.6 Å². The largest absolute Gasteiger partial charge is 0.497 e. The fraction of sp³-hybridized carbons (Fsp3) is 0.364. The molecule has 148 valence electrons. The molecular weight excluding hydrogens is 376 g/mol. The van der Waals surface area contributed by atoms with Crippen molar-refractivity contribution in [3.05, 3.63) is 64.7 Å². The Bertz CT molecular complexity index is 815. The van der Waals surface area contributed by atoms with Gasteiger partial charge in [0.25, 0.3) is 0 Å². The quantitative estimate of drug-likeness (QED) is 0.739. The van der Waals surface area contributed by atoms with Crippen LogP contribution < -0.4 is 10.1 Å². The van der Waals surface area contributed by atoms with Gasteiger partial charge in [0.1, 0.15) is 5.75 Å². The maximum atomic E-state index is 12.7. The summed E-state index contributed by atoms with van der Waals surface area (Å²) in [7, 11) is 1.60. The molecule has 2 amide bonds. The number of piperidine rings is 1. The van der Waals surface area contributed by atoms with E-state index in [2.05, 4.69) is 5.32 Å². The Kier molecular flexibility index (Phi) is 6.93. The van der Waals surface area contributed by atoms with Gasteiger partial charge in [-0.05, 0) is 61.2 Å². The maximum Gasteiger partial charge on any atom is 0.317 e. The van der Waals surface area contributed by atoms with Gasteiger partial charge >= 0.3 is 6.03 Å². The first kappa shape index (κ1) is 20.2. The van der Waals surface area contributed by atoms with Crippen LogP contribution in [0.4, 0.5) is 4.79 Å². The van der Waals surface area contributed by atoms with E-state index in [0.717, 1.165) is 17.7 Å². The standard InChI is InChI=1S/C22H25ClN2O3/c1-28-20-7-5-17(6-8-20)21(26)18-10-13-25(14-11-18)22(27)24-12-9-16-3-2-4-19(23)15-16/h2-8,15,18H,9-14H2,1H3,(H,24,27). The van der Waals surface area contributed by atoms with E-state index in [1.54, 1.807) is 36.3 Å². The van der Waals surface area contributed by atoms with E-state index in [-0.39, 0.29) is 17.7 Å². The molecular formula is C22H25ClN2O3. The number of amides is 2. The molecule has 1 saturated heterocycles. The SMILES string of the molecule is COc1ccc(C(=O)C2CCN(C(=O)NCCc3cccc(Cl)c3)CC2)cc1. The highest BCUT2D eigenvalue weighted by molar-refractivity contribution is 6.30. The zero-order valence-corrected chi connectivity index (χ0v) is 16.7. The van der Waals surface area contributed by atoms with E-state index >= 15 is 0 Å². The van der Waals surface area contributed by atoms with Gasteiger partial charge in [0.05, 0.1) is 7.11 Å². The van der Waals surface area contributed by atoms with Gasteiger partial charge in [-0.1, -0.05) is 23.7 Å². The predicted octanol–water partition coefficient (Wildman–Crippen LogP) is 4.20. The zero-order chi connectivity index (χ0) is 19.9. The summed E-state index contributed by atoms with van der Waals surface area (Å²) in [5.41, 5.74) is 1.79. The molecule has 5 nitrogen and oxygen atoms in total. The zero-order valence-electron chi connectivity index (χ0n) is 16.0. The molecule has 0 radical (unpaired) electrons. The van der Waals surface area contributed by atoms with Gasteiger partial charge in [0.15, 0.2) is 5.78 Å². The molecule has 0 aromatic heterocycles. The summed E-state index contributed by atoms with van der Waals surface area (Å²) in [6, 6.07) is 14.8. The normalized spacial score (nSPS) is 14.6. The van der Waals surface area contributed by atoms with Crippen molar-refractivity contribution in [2.24, 2.45) is 5.92 Å². The molecule has 0 aliphatic carbocycles. The van der Waals surface area contributed by atoms with Crippen LogP contribution in [0.5, 0.6) is 5.75 Å². The second-order valence-corrected chi connectivity index (χ2v) is 7.40. The Morgan fingerprint density at radius 1 is 1.14 bits per heavy atom. The lowest BCUT2D eigenvalue weighted by Gasteiger charge is -2.31. The third kappa shape index (κ3) is 5.26. The van der Waals surface area contributed by atoms with Gasteiger partial charge in [-0.3, -0.25) is 4.79 Å². The van der Waals surface area contributed by atoms with E-state index in [4.69, 9.17) is 16.3 Å². The molecule has 1 heterocycles. The summed E-state index contributed by atoms with van der Waals surface area (Å²) in [4.78, 5) is 26.8. The summed E-state index contributed by atoms with van der Waals surface area (Å²) in [6.07, 6.45) is 2.11. The van der Waals surface area contributed by atoms with Gasteiger partial charge in [0, 0.05) is 36.1 Å². The highest BCUT2D eigenvalue weighted by atomic mass is 35.5. The smallest absolute Gasteiger partial charge is 0.317 e. The van der Waals surface area contributed by atoms with Crippen LogP contribution in [0.15, 0.2) is 48.5 Å². The fourth-order valence-corrected chi connectivity index (χ4v) is 3.67. The Morgan fingerprint density at radius 3 is 2.50 bits per heavy atom. The summed E-state index contributed by atoms with van der Waals surface area (Å²) >= 11 is 5.98. The van der Waals surface area contributed by atoms with Gasteiger partial charge in [-0.15, -0.1) is 0 Å². The third-order valence-corrected chi connectivity index (χ3v) is 5.34. The first-order chi connectivity index (χ1) is 13.6. The molecule has 0 unspecified atom stereocenters. The van der Waals surface area contributed by atoms with E-state index in [0.29, 0.717) is 43.1 Å². The number of rotatable bonds is 6. The Balaban J connectivity index is 1.43. The molecule has 2 aromatic rings. The van der Waals surface area contributed by atoms with Crippen LogP contribution in [-0.2, 0) is 6.42 Å². The molecule has 1 aliphatic heterocycles. The van der Waals surface area contributed by atoms with Crippen LogP contribution in [0.25, 0.3) is 0 Å². The summed E-state index contributed by atoms with van der Waals surface area (Å²) in [6.45, 7) is 1.75. The summed E-state index contributed by atoms with van der Waals surface area (Å²) in [5, 5.41) is 3.66. The minimum atomic E-state index is -0.0719. The highest BCUT2D eigenvalue weighted by Gasteiger charge is 2.27. The first-order valence-electron chi connectivity index (χ1n) is 9.52. The lowest BCUT2D eigenvalue weighted by atomic mass is 9.89. The van der Waals surface area contributed by atoms with Crippen molar-refractivity contribution < 1.29 is 14.3 Å². The van der Waals surface area contributed by atoms with Crippen LogP contribution in [0.2, 0.25) is 5.02 Å². The Morgan fingerprint density at radius 2 is 1.86 bits per heavy atom. The molecule has 2 aromatic carbocycles. The van der Waals surface area contributed by atoms with Crippen molar-refractivity contribution in [1.82, 2.24) is 10.2 Å². The minimum absolute atomic E-state index is 0.0381. The number of halogens is 1. The van der Waals surface area contributed by atoms with E-state index in [9.17, 15) is 9.59 Å². The molecule has 1 aliphatic rings. The van der Waals surface area contributed by atoms with Crippen molar-refractivity contribution in [1.29, 1.82) is 0 Å². The van der Waals surface area contributed by atoms with Gasteiger partial charge in [0.2, 0.25) is 0 Å². The van der Waals surface area contributed by atoms with Crippen molar-refractivity contribution >= 4 is 23.4 Å². The number of hydrogen-bond acceptors (Lipinski definition) is 3. The second-order valence-electron chi connectivity index (χ2n) is 6.97. The number of ketones is 1. The van der Waals surface area contributed by atoms with Gasteiger partial charge in [-0.25, -0.2) is 4.79 Å². The number of ether oxygens (including phenoxy) is 1. The van der Waals surface area contributed by atoms with Crippen molar-refractivity contribution in [2.75, 3.05) is 26.7 Å². The number of urea groups is 1. The van der Waals surface area contributed by atoms with Crippen molar-refractivity contribution in [3.8, 4) is 5.75 Å². The third-order valence-electron chi connectivity index (χ3n) is 5.11. The number of carbonyl (C=O) groups is 2. The van der Waals surface area contributed by atoms with Crippen molar-refractivity contribution in [3.63, 3.8) is 0 Å². The highest BCUT2D eigenvalue weighted by Crippen LogP contribution is 2.23. The van der Waals surface area contributed by atoms with Crippen LogP contribution in [0.1, 0.15) is 28.8 Å². The molecule has 0 spiro atoms.